The van der Waals surface area contributed by atoms with Crippen molar-refractivity contribution < 1.29 is 14.3 Å². The highest BCUT2D eigenvalue weighted by Crippen LogP contribution is 2.28. The topological polar surface area (TPSA) is 61.5 Å². The highest BCUT2D eigenvalue weighted by Gasteiger charge is 2.14. The third-order valence-electron chi connectivity index (χ3n) is 3.38. The number of hydrogen-bond donors (Lipinski definition) is 1. The lowest BCUT2D eigenvalue weighted by Gasteiger charge is -2.18. The first-order chi connectivity index (χ1) is 9.49. The van der Waals surface area contributed by atoms with Gasteiger partial charge in [0.1, 0.15) is 5.75 Å². The second-order valence-corrected chi connectivity index (χ2v) is 4.98. The monoisotopic (exact) mass is 279 g/mol. The van der Waals surface area contributed by atoms with Crippen molar-refractivity contribution in [3.05, 3.63) is 28.8 Å². The predicted octanol–water partition coefficient (Wildman–Crippen LogP) is 3.05. The number of hydrogen-bond acceptors (Lipinski definition) is 4. The summed E-state index contributed by atoms with van der Waals surface area (Å²) in [5, 5.41) is 0. The van der Waals surface area contributed by atoms with Crippen molar-refractivity contribution in [3.63, 3.8) is 0 Å². The summed E-state index contributed by atoms with van der Waals surface area (Å²) in [5.41, 5.74) is 9.66. The van der Waals surface area contributed by atoms with Crippen molar-refractivity contribution in [2.24, 2.45) is 5.73 Å². The van der Waals surface area contributed by atoms with E-state index in [0.29, 0.717) is 13.0 Å². The highest BCUT2D eigenvalue weighted by molar-refractivity contribution is 5.69. The first-order valence-electron chi connectivity index (χ1n) is 7.05. The molecule has 112 valence electrons. The molecule has 0 amide bonds. The van der Waals surface area contributed by atoms with E-state index in [-0.39, 0.29) is 12.0 Å². The molecule has 0 heterocycles. The van der Waals surface area contributed by atoms with E-state index in [9.17, 15) is 4.79 Å². The van der Waals surface area contributed by atoms with Gasteiger partial charge in [0, 0.05) is 12.5 Å². The van der Waals surface area contributed by atoms with Gasteiger partial charge < -0.3 is 15.2 Å². The molecule has 1 unspecified atom stereocenters. The molecule has 0 aliphatic heterocycles. The van der Waals surface area contributed by atoms with Crippen molar-refractivity contribution in [3.8, 4) is 5.75 Å². The molecule has 1 aromatic carbocycles. The highest BCUT2D eigenvalue weighted by atomic mass is 16.5. The average molecular weight is 279 g/mol. The third kappa shape index (κ3) is 4.53. The van der Waals surface area contributed by atoms with Crippen LogP contribution in [0.15, 0.2) is 12.1 Å². The number of benzene rings is 1. The van der Waals surface area contributed by atoms with Crippen molar-refractivity contribution in [2.45, 2.75) is 46.1 Å². The number of aryl methyl sites for hydroxylation is 2. The Morgan fingerprint density at radius 1 is 1.30 bits per heavy atom. The van der Waals surface area contributed by atoms with Gasteiger partial charge in [-0.25, -0.2) is 0 Å². The molecule has 1 aromatic rings. The maximum absolute atomic E-state index is 11.3. The summed E-state index contributed by atoms with van der Waals surface area (Å²) in [6.07, 6.45) is 1.94. The van der Waals surface area contributed by atoms with Crippen molar-refractivity contribution in [1.29, 1.82) is 0 Å². The van der Waals surface area contributed by atoms with Gasteiger partial charge >= 0.3 is 5.97 Å². The summed E-state index contributed by atoms with van der Waals surface area (Å²) in [6, 6.07) is 3.93. The minimum atomic E-state index is -0.150. The Morgan fingerprint density at radius 2 is 1.90 bits per heavy atom. The van der Waals surface area contributed by atoms with Gasteiger partial charge in [-0.3, -0.25) is 4.79 Å². The van der Waals surface area contributed by atoms with Gasteiger partial charge in [0.15, 0.2) is 0 Å². The molecular weight excluding hydrogens is 254 g/mol. The largest absolute Gasteiger partial charge is 0.497 e. The predicted molar refractivity (Wildman–Crippen MR) is 79.9 cm³/mol. The van der Waals surface area contributed by atoms with E-state index in [1.165, 1.54) is 0 Å². The Labute approximate surface area is 121 Å². The minimum Gasteiger partial charge on any atom is -0.497 e. The summed E-state index contributed by atoms with van der Waals surface area (Å²) in [4.78, 5) is 11.3. The summed E-state index contributed by atoms with van der Waals surface area (Å²) in [7, 11) is 1.66. The van der Waals surface area contributed by atoms with Crippen molar-refractivity contribution >= 4 is 5.97 Å². The fourth-order valence-electron chi connectivity index (χ4n) is 2.48. The number of carbonyl (C=O) groups is 1. The van der Waals surface area contributed by atoms with Crippen LogP contribution >= 0.6 is 0 Å². The second-order valence-electron chi connectivity index (χ2n) is 4.98. The zero-order valence-electron chi connectivity index (χ0n) is 12.9. The molecule has 0 radical (unpaired) electrons. The molecule has 0 aliphatic carbocycles. The zero-order valence-corrected chi connectivity index (χ0v) is 12.9. The number of ether oxygens (including phenoxy) is 2. The molecule has 0 saturated carbocycles. The van der Waals surface area contributed by atoms with Gasteiger partial charge in [0.25, 0.3) is 0 Å². The average Bonchev–Trinajstić information content (AvgIpc) is 2.38. The van der Waals surface area contributed by atoms with Crippen molar-refractivity contribution in [2.75, 3.05) is 13.7 Å². The molecule has 1 rings (SSSR count). The second kappa shape index (κ2) is 7.90. The van der Waals surface area contributed by atoms with E-state index >= 15 is 0 Å². The van der Waals surface area contributed by atoms with Gasteiger partial charge in [-0.15, -0.1) is 0 Å². The molecule has 4 heteroatoms. The molecule has 0 saturated heterocycles. The Hall–Kier alpha value is -1.55. The van der Waals surface area contributed by atoms with Crippen LogP contribution in [0.4, 0.5) is 0 Å². The summed E-state index contributed by atoms with van der Waals surface area (Å²) in [5.74, 6) is 0.699. The van der Waals surface area contributed by atoms with Gasteiger partial charge in [-0.1, -0.05) is 0 Å². The van der Waals surface area contributed by atoms with Crippen molar-refractivity contribution in [1.82, 2.24) is 0 Å². The Morgan fingerprint density at radius 3 is 2.40 bits per heavy atom. The number of carbonyl (C=O) groups excluding carboxylic acids is 1. The van der Waals surface area contributed by atoms with Gasteiger partial charge in [-0.05, 0) is 62.4 Å². The zero-order chi connectivity index (χ0) is 15.1. The van der Waals surface area contributed by atoms with Crippen LogP contribution in [-0.2, 0) is 9.53 Å². The normalized spacial score (nSPS) is 12.1. The van der Waals surface area contributed by atoms with Gasteiger partial charge in [0.05, 0.1) is 13.7 Å². The lowest BCUT2D eigenvalue weighted by atomic mass is 9.93. The maximum Gasteiger partial charge on any atom is 0.305 e. The molecule has 0 spiro atoms. The van der Waals surface area contributed by atoms with Gasteiger partial charge in [-0.2, -0.15) is 0 Å². The summed E-state index contributed by atoms with van der Waals surface area (Å²) in [6.45, 7) is 6.32. The Kier molecular flexibility index (Phi) is 6.52. The van der Waals surface area contributed by atoms with Crippen LogP contribution in [0.3, 0.4) is 0 Å². The Bertz CT molecular complexity index is 434. The van der Waals surface area contributed by atoms with E-state index in [4.69, 9.17) is 15.2 Å². The third-order valence-corrected chi connectivity index (χ3v) is 3.38. The number of methoxy groups -OCH3 is 1. The van der Waals surface area contributed by atoms with Crippen LogP contribution in [0.5, 0.6) is 5.75 Å². The molecule has 20 heavy (non-hydrogen) atoms. The molecule has 0 fully saturated rings. The number of rotatable bonds is 7. The van der Waals surface area contributed by atoms with Crippen LogP contribution in [-0.4, -0.2) is 19.7 Å². The van der Waals surface area contributed by atoms with Crippen LogP contribution < -0.4 is 10.5 Å². The lowest BCUT2D eigenvalue weighted by molar-refractivity contribution is -0.143. The molecule has 2 N–H and O–H groups in total. The molecule has 0 bridgehead atoms. The smallest absolute Gasteiger partial charge is 0.305 e. The summed E-state index contributed by atoms with van der Waals surface area (Å²) < 4.78 is 10.2. The standard InChI is InChI=1S/C16H25NO3/c1-5-20-15(18)8-6-7-14(17)16-11(2)9-13(19-4)10-12(16)3/h9-10,14H,5-8,17H2,1-4H3. The maximum atomic E-state index is 11.3. The number of esters is 1. The fourth-order valence-corrected chi connectivity index (χ4v) is 2.48. The Balaban J connectivity index is 2.64. The van der Waals surface area contributed by atoms with Gasteiger partial charge in [0.2, 0.25) is 0 Å². The van der Waals surface area contributed by atoms with E-state index < -0.39 is 0 Å². The van der Waals surface area contributed by atoms with Crippen LogP contribution in [0.2, 0.25) is 0 Å². The molecular formula is C16H25NO3. The quantitative estimate of drug-likeness (QED) is 0.779. The molecule has 0 aromatic heterocycles. The molecule has 1 atom stereocenters. The molecule has 0 aliphatic rings. The molecule has 4 nitrogen and oxygen atoms in total. The minimum absolute atomic E-state index is 0.0599. The van der Waals surface area contributed by atoms with E-state index in [0.717, 1.165) is 35.3 Å². The van der Waals surface area contributed by atoms with E-state index in [2.05, 4.69) is 0 Å². The van der Waals surface area contributed by atoms with E-state index in [1.807, 2.05) is 32.9 Å². The van der Waals surface area contributed by atoms with Crippen LogP contribution in [0, 0.1) is 13.8 Å². The lowest BCUT2D eigenvalue weighted by Crippen LogP contribution is -2.14. The van der Waals surface area contributed by atoms with Crippen LogP contribution in [0.1, 0.15) is 48.9 Å². The number of nitrogens with two attached hydrogens (primary N) is 1. The summed E-state index contributed by atoms with van der Waals surface area (Å²) >= 11 is 0. The first kappa shape index (κ1) is 16.5. The fraction of sp³-hybridized carbons (Fsp3) is 0.562. The first-order valence-corrected chi connectivity index (χ1v) is 7.05. The van der Waals surface area contributed by atoms with Crippen LogP contribution in [0.25, 0.3) is 0 Å². The van der Waals surface area contributed by atoms with E-state index in [1.54, 1.807) is 7.11 Å². The SMILES string of the molecule is CCOC(=O)CCCC(N)c1c(C)cc(OC)cc1C.